The summed E-state index contributed by atoms with van der Waals surface area (Å²) in [6.45, 7) is -0.471. The van der Waals surface area contributed by atoms with Crippen LogP contribution in [0.25, 0.3) is 11.0 Å². The van der Waals surface area contributed by atoms with Gasteiger partial charge in [0.25, 0.3) is 5.91 Å². The average Bonchev–Trinajstić information content (AvgIpc) is 3.46. The predicted molar refractivity (Wildman–Crippen MR) is 167 cm³/mol. The number of hydrogen-bond donors (Lipinski definition) is 3. The summed E-state index contributed by atoms with van der Waals surface area (Å²) >= 11 is 6.11. The highest BCUT2D eigenvalue weighted by atomic mass is 35.5. The molecule has 4 aromatic rings. The summed E-state index contributed by atoms with van der Waals surface area (Å²) in [5.41, 5.74) is 0.650. The lowest BCUT2D eigenvalue weighted by Gasteiger charge is -2.40. The third-order valence-electron chi connectivity index (χ3n) is 8.17. The first-order valence-corrected chi connectivity index (χ1v) is 14.8. The average molecular weight is 645 g/mol. The van der Waals surface area contributed by atoms with Crippen LogP contribution >= 0.6 is 11.6 Å². The molecule has 2 aliphatic rings. The van der Waals surface area contributed by atoms with Gasteiger partial charge in [-0.3, -0.25) is 14.4 Å². The number of aliphatic hydroxyl groups is 2. The number of nitrogens with zero attached hydrogens (tertiary/aromatic N) is 1. The zero-order valence-corrected chi connectivity index (χ0v) is 25.3. The molecule has 0 saturated heterocycles. The molecule has 1 aliphatic heterocycles. The molecule has 0 fully saturated rings. The number of hydrogen-bond acceptors (Lipinski definition) is 9. The summed E-state index contributed by atoms with van der Waals surface area (Å²) in [4.78, 5) is 54.1. The molecular weight excluding hydrogens is 616 g/mol. The minimum absolute atomic E-state index is 0.0578. The molecule has 1 aliphatic carbocycles. The van der Waals surface area contributed by atoms with E-state index in [9.17, 15) is 29.4 Å². The largest absolute Gasteiger partial charge is 0.493 e. The maximum absolute atomic E-state index is 14.3. The van der Waals surface area contributed by atoms with Crippen LogP contribution in [0, 0.1) is 0 Å². The number of ether oxygens (including phenoxy) is 2. The Morgan fingerprint density at radius 1 is 1.11 bits per heavy atom. The number of fused-ring (bicyclic) bond motifs is 4. The molecule has 3 N–H and O–H groups in total. The van der Waals surface area contributed by atoms with E-state index in [4.69, 9.17) is 25.5 Å². The fourth-order valence-corrected chi connectivity index (χ4v) is 6.15. The van der Waals surface area contributed by atoms with Crippen molar-refractivity contribution in [2.24, 2.45) is 0 Å². The fourth-order valence-electron chi connectivity index (χ4n) is 6.02. The Kier molecular flexibility index (Phi) is 8.63. The van der Waals surface area contributed by atoms with Crippen LogP contribution in [-0.2, 0) is 11.3 Å². The Labute approximate surface area is 267 Å². The maximum atomic E-state index is 14.3. The number of aliphatic hydroxyl groups excluding tert-OH is 2. The first-order valence-electron chi connectivity index (χ1n) is 14.4. The van der Waals surface area contributed by atoms with Crippen molar-refractivity contribution in [3.05, 3.63) is 116 Å². The molecule has 0 saturated carbocycles. The number of aldehydes is 1. The van der Waals surface area contributed by atoms with E-state index in [-0.39, 0.29) is 47.9 Å². The van der Waals surface area contributed by atoms with Crippen LogP contribution in [-0.4, -0.2) is 71.7 Å². The number of benzene rings is 3. The van der Waals surface area contributed by atoms with Crippen molar-refractivity contribution < 1.29 is 38.5 Å². The number of halogens is 1. The molecule has 236 valence electrons. The van der Waals surface area contributed by atoms with Gasteiger partial charge in [0.2, 0.25) is 5.91 Å². The summed E-state index contributed by atoms with van der Waals surface area (Å²) in [5.74, 6) is -1.70. The van der Waals surface area contributed by atoms with Gasteiger partial charge in [0.15, 0.2) is 11.5 Å². The second-order valence-electron chi connectivity index (χ2n) is 10.9. The van der Waals surface area contributed by atoms with E-state index < -0.39 is 41.6 Å². The molecule has 46 heavy (non-hydrogen) atoms. The second kappa shape index (κ2) is 12.8. The summed E-state index contributed by atoms with van der Waals surface area (Å²) in [7, 11) is 1.40. The van der Waals surface area contributed by atoms with Gasteiger partial charge in [0.1, 0.15) is 29.6 Å². The summed E-state index contributed by atoms with van der Waals surface area (Å²) < 4.78 is 17.2. The fraction of sp³-hybridized carbons (Fsp3) is 0.235. The van der Waals surface area contributed by atoms with E-state index in [0.717, 1.165) is 0 Å². The Balaban J connectivity index is 1.50. The standard InChI is InChI=1S/C34H29ClN2O9/c1-44-27-13-19(17-39)12-22-28-23(32(41)36-10-11-38)15-25(29(40)31(28)46-30(22)27)37(16-18-6-8-21(35)9-7-18)33(42)24-14-20-4-2-3-5-26(20)45-34(24)43/h2-9,12-15,17,25,28-29,31,38,40H,10-11,16H2,1H3,(H,36,41). The molecule has 0 bridgehead atoms. The lowest BCUT2D eigenvalue weighted by atomic mass is 9.77. The predicted octanol–water partition coefficient (Wildman–Crippen LogP) is 3.23. The van der Waals surface area contributed by atoms with Crippen molar-refractivity contribution in [2.75, 3.05) is 20.3 Å². The van der Waals surface area contributed by atoms with E-state index in [1.54, 1.807) is 54.6 Å². The van der Waals surface area contributed by atoms with Crippen molar-refractivity contribution >= 4 is 40.7 Å². The molecular formula is C34H29ClN2O9. The minimum Gasteiger partial charge on any atom is -0.493 e. The highest BCUT2D eigenvalue weighted by Crippen LogP contribution is 2.51. The molecule has 4 unspecified atom stereocenters. The molecule has 0 spiro atoms. The third-order valence-corrected chi connectivity index (χ3v) is 8.42. The molecule has 3 aromatic carbocycles. The van der Waals surface area contributed by atoms with Gasteiger partial charge in [-0.15, -0.1) is 0 Å². The minimum atomic E-state index is -1.42. The Hall–Kier alpha value is -4.97. The normalized spacial score (nSPS) is 19.8. The molecule has 0 radical (unpaired) electrons. The van der Waals surface area contributed by atoms with Gasteiger partial charge in [-0.1, -0.05) is 41.9 Å². The molecule has 2 amide bonds. The van der Waals surface area contributed by atoms with Crippen LogP contribution in [0.1, 0.15) is 37.8 Å². The van der Waals surface area contributed by atoms with Crippen molar-refractivity contribution in [3.8, 4) is 11.5 Å². The molecule has 6 rings (SSSR count). The van der Waals surface area contributed by atoms with E-state index in [1.807, 2.05) is 0 Å². The van der Waals surface area contributed by atoms with Gasteiger partial charge in [-0.25, -0.2) is 4.79 Å². The zero-order valence-electron chi connectivity index (χ0n) is 24.5. The van der Waals surface area contributed by atoms with Gasteiger partial charge >= 0.3 is 5.63 Å². The van der Waals surface area contributed by atoms with Crippen molar-refractivity contribution in [1.29, 1.82) is 0 Å². The maximum Gasteiger partial charge on any atom is 0.349 e. The number of rotatable bonds is 9. The quantitative estimate of drug-likeness (QED) is 0.184. The van der Waals surface area contributed by atoms with Crippen LogP contribution in [0.5, 0.6) is 11.5 Å². The van der Waals surface area contributed by atoms with Crippen molar-refractivity contribution in [1.82, 2.24) is 10.2 Å². The van der Waals surface area contributed by atoms with Gasteiger partial charge in [0.05, 0.1) is 25.7 Å². The molecule has 12 heteroatoms. The lowest BCUT2D eigenvalue weighted by molar-refractivity contribution is -0.118. The van der Waals surface area contributed by atoms with Crippen molar-refractivity contribution in [3.63, 3.8) is 0 Å². The van der Waals surface area contributed by atoms with Crippen molar-refractivity contribution in [2.45, 2.75) is 30.7 Å². The molecule has 1 aromatic heterocycles. The number of nitrogens with one attached hydrogen (secondary N) is 1. The Morgan fingerprint density at radius 3 is 2.59 bits per heavy atom. The van der Waals surface area contributed by atoms with Gasteiger partial charge in [0, 0.05) is 40.2 Å². The van der Waals surface area contributed by atoms with E-state index in [2.05, 4.69) is 5.32 Å². The highest BCUT2D eigenvalue weighted by Gasteiger charge is 2.51. The first kappa shape index (κ1) is 31.0. The number of para-hydroxylation sites is 1. The molecule has 2 heterocycles. The van der Waals surface area contributed by atoms with Crippen LogP contribution in [0.15, 0.2) is 87.6 Å². The molecule has 4 atom stereocenters. The third kappa shape index (κ3) is 5.64. The first-order chi connectivity index (χ1) is 22.2. The Morgan fingerprint density at radius 2 is 1.87 bits per heavy atom. The highest BCUT2D eigenvalue weighted by molar-refractivity contribution is 6.30. The SMILES string of the molecule is COc1cc(C=O)cc2c1OC1C2C(C(=O)NCCO)=CC(N(Cc2ccc(Cl)cc2)C(=O)c2cc3ccccc3oc2=O)C1O. The van der Waals surface area contributed by atoms with Crippen LogP contribution in [0.3, 0.4) is 0 Å². The Bertz CT molecular complexity index is 1920. The van der Waals surface area contributed by atoms with E-state index >= 15 is 0 Å². The second-order valence-corrected chi connectivity index (χ2v) is 11.4. The summed E-state index contributed by atoms with van der Waals surface area (Å²) in [6.07, 6.45) is -0.410. The zero-order chi connectivity index (χ0) is 32.5. The van der Waals surface area contributed by atoms with Gasteiger partial charge in [-0.05, 0) is 48.0 Å². The van der Waals surface area contributed by atoms with Gasteiger partial charge in [-0.2, -0.15) is 0 Å². The number of amides is 2. The monoisotopic (exact) mass is 644 g/mol. The topological polar surface area (TPSA) is 156 Å². The number of carbonyl (C=O) groups excluding carboxylic acids is 3. The van der Waals surface area contributed by atoms with E-state index in [1.165, 1.54) is 30.2 Å². The smallest absolute Gasteiger partial charge is 0.349 e. The van der Waals surface area contributed by atoms with Crippen LogP contribution < -0.4 is 20.4 Å². The van der Waals surface area contributed by atoms with Crippen LogP contribution in [0.2, 0.25) is 5.02 Å². The number of methoxy groups -OCH3 is 1. The molecule has 11 nitrogen and oxygen atoms in total. The summed E-state index contributed by atoms with van der Waals surface area (Å²) in [6, 6.07) is 16.8. The van der Waals surface area contributed by atoms with E-state index in [0.29, 0.717) is 33.4 Å². The summed E-state index contributed by atoms with van der Waals surface area (Å²) in [5, 5.41) is 25.0. The van der Waals surface area contributed by atoms with Crippen LogP contribution in [0.4, 0.5) is 0 Å². The number of carbonyl (C=O) groups is 3. The lowest BCUT2D eigenvalue weighted by Crippen LogP contribution is -2.55. The van der Waals surface area contributed by atoms with Gasteiger partial charge < -0.3 is 34.3 Å².